The summed E-state index contributed by atoms with van der Waals surface area (Å²) in [6, 6.07) is 5.39. The van der Waals surface area contributed by atoms with Crippen molar-refractivity contribution in [3.05, 3.63) is 41.2 Å². The highest BCUT2D eigenvalue weighted by atomic mass is 16.1. The molecule has 100 valence electrons. The third kappa shape index (κ3) is 2.76. The predicted molar refractivity (Wildman–Crippen MR) is 76.1 cm³/mol. The molecule has 0 aliphatic rings. The third-order valence-corrected chi connectivity index (χ3v) is 3.25. The van der Waals surface area contributed by atoms with Gasteiger partial charge in [0.1, 0.15) is 0 Å². The molecule has 0 atom stereocenters. The predicted octanol–water partition coefficient (Wildman–Crippen LogP) is 2.13. The van der Waals surface area contributed by atoms with E-state index in [0.717, 1.165) is 16.9 Å². The van der Waals surface area contributed by atoms with E-state index in [9.17, 15) is 4.79 Å². The minimum atomic E-state index is -0.0290. The highest BCUT2D eigenvalue weighted by molar-refractivity contribution is 5.99. The van der Waals surface area contributed by atoms with Gasteiger partial charge in [-0.1, -0.05) is 0 Å². The zero-order valence-corrected chi connectivity index (χ0v) is 11.4. The Bertz CT molecular complexity index is 616. The minimum absolute atomic E-state index is 0.0290. The van der Waals surface area contributed by atoms with E-state index in [-0.39, 0.29) is 5.78 Å². The van der Waals surface area contributed by atoms with Gasteiger partial charge < -0.3 is 11.1 Å². The van der Waals surface area contributed by atoms with Crippen molar-refractivity contribution in [2.45, 2.75) is 20.4 Å². The molecule has 0 saturated carbocycles. The van der Waals surface area contributed by atoms with Crippen molar-refractivity contribution in [3.8, 4) is 0 Å². The molecule has 2 rings (SSSR count). The fraction of sp³-hybridized carbons (Fsp3) is 0.286. The molecule has 0 amide bonds. The van der Waals surface area contributed by atoms with E-state index in [1.54, 1.807) is 12.1 Å². The summed E-state index contributed by atoms with van der Waals surface area (Å²) in [5, 5.41) is 7.47. The van der Waals surface area contributed by atoms with Crippen LogP contribution >= 0.6 is 0 Å². The highest BCUT2D eigenvalue weighted by Gasteiger charge is 2.07. The van der Waals surface area contributed by atoms with E-state index >= 15 is 0 Å². The van der Waals surface area contributed by atoms with Gasteiger partial charge in [-0.3, -0.25) is 9.48 Å². The van der Waals surface area contributed by atoms with E-state index in [0.29, 0.717) is 17.8 Å². The lowest BCUT2D eigenvalue weighted by atomic mass is 10.1. The van der Waals surface area contributed by atoms with Crippen molar-refractivity contribution in [2.24, 2.45) is 7.05 Å². The number of aryl methyl sites for hydroxylation is 1. The van der Waals surface area contributed by atoms with Gasteiger partial charge in [0.05, 0.1) is 6.20 Å². The van der Waals surface area contributed by atoms with Gasteiger partial charge in [0.2, 0.25) is 0 Å². The molecule has 2 aromatic rings. The van der Waals surface area contributed by atoms with E-state index in [1.807, 2.05) is 30.9 Å². The van der Waals surface area contributed by atoms with E-state index in [2.05, 4.69) is 10.4 Å². The van der Waals surface area contributed by atoms with Crippen LogP contribution in [0, 0.1) is 6.92 Å². The maximum Gasteiger partial charge on any atom is 0.161 e. The molecule has 5 heteroatoms. The van der Waals surface area contributed by atoms with Gasteiger partial charge in [-0.15, -0.1) is 0 Å². The summed E-state index contributed by atoms with van der Waals surface area (Å²) in [5.74, 6) is -0.0290. The first-order chi connectivity index (χ1) is 8.99. The Balaban J connectivity index is 2.14. The zero-order valence-electron chi connectivity index (χ0n) is 11.4. The quantitative estimate of drug-likeness (QED) is 0.651. The van der Waals surface area contributed by atoms with Crippen LogP contribution in [0.15, 0.2) is 24.4 Å². The second-order valence-electron chi connectivity index (χ2n) is 4.59. The Morgan fingerprint density at radius 3 is 2.79 bits per heavy atom. The number of nitrogens with zero attached hydrogens (tertiary/aromatic N) is 2. The summed E-state index contributed by atoms with van der Waals surface area (Å²) in [5.41, 5.74) is 9.95. The molecule has 19 heavy (non-hydrogen) atoms. The maximum atomic E-state index is 11.4. The van der Waals surface area contributed by atoms with Crippen molar-refractivity contribution in [3.63, 3.8) is 0 Å². The fourth-order valence-electron chi connectivity index (χ4n) is 1.89. The van der Waals surface area contributed by atoms with Crippen molar-refractivity contribution >= 4 is 17.2 Å². The number of hydrogen-bond donors (Lipinski definition) is 2. The number of carbonyl (C=O) groups excluding carboxylic acids is 1. The first kappa shape index (κ1) is 13.1. The van der Waals surface area contributed by atoms with Gasteiger partial charge in [-0.2, -0.15) is 5.10 Å². The maximum absolute atomic E-state index is 11.4. The largest absolute Gasteiger partial charge is 0.398 e. The summed E-state index contributed by atoms with van der Waals surface area (Å²) in [4.78, 5) is 11.4. The van der Waals surface area contributed by atoms with Crippen LogP contribution in [0.4, 0.5) is 11.4 Å². The average molecular weight is 258 g/mol. The van der Waals surface area contributed by atoms with Crippen molar-refractivity contribution < 1.29 is 4.79 Å². The summed E-state index contributed by atoms with van der Waals surface area (Å²) >= 11 is 0. The number of Topliss-reactive ketones (excluding diaryl/α,β-unsaturated/α-hetero) is 1. The number of carbonyl (C=O) groups is 1. The Hall–Kier alpha value is -2.30. The van der Waals surface area contributed by atoms with E-state index < -0.39 is 0 Å². The molecule has 3 N–H and O–H groups in total. The van der Waals surface area contributed by atoms with E-state index in [1.165, 1.54) is 6.92 Å². The molecule has 0 fully saturated rings. The van der Waals surface area contributed by atoms with Crippen molar-refractivity contribution in [1.29, 1.82) is 0 Å². The van der Waals surface area contributed by atoms with Crippen LogP contribution in [0.25, 0.3) is 0 Å². The van der Waals surface area contributed by atoms with Crippen LogP contribution in [-0.2, 0) is 13.6 Å². The van der Waals surface area contributed by atoms with Crippen molar-refractivity contribution in [2.75, 3.05) is 11.1 Å². The Morgan fingerprint density at radius 2 is 2.21 bits per heavy atom. The van der Waals surface area contributed by atoms with Crippen LogP contribution in [-0.4, -0.2) is 15.6 Å². The molecule has 1 aromatic heterocycles. The number of hydrogen-bond acceptors (Lipinski definition) is 4. The summed E-state index contributed by atoms with van der Waals surface area (Å²) in [6.07, 6.45) is 1.84. The van der Waals surface area contributed by atoms with Crippen molar-refractivity contribution in [1.82, 2.24) is 9.78 Å². The standard InChI is InChI=1S/C14H18N4O/c1-9-11(8-17-18(9)3)7-16-12-4-5-14(15)13(6-12)10(2)19/h4-6,8,16H,7,15H2,1-3H3. The average Bonchev–Trinajstić information content (AvgIpc) is 2.69. The SMILES string of the molecule is CC(=O)c1cc(NCc2cnn(C)c2C)ccc1N. The molecule has 0 aliphatic carbocycles. The number of nitrogens with one attached hydrogen (secondary N) is 1. The Labute approximate surface area is 112 Å². The fourth-order valence-corrected chi connectivity index (χ4v) is 1.89. The number of anilines is 2. The van der Waals surface area contributed by atoms with Gasteiger partial charge >= 0.3 is 0 Å². The Morgan fingerprint density at radius 1 is 1.47 bits per heavy atom. The molecule has 1 heterocycles. The van der Waals surface area contributed by atoms with Gasteiger partial charge in [-0.25, -0.2) is 0 Å². The number of ketones is 1. The van der Waals surface area contributed by atoms with Crippen LogP contribution < -0.4 is 11.1 Å². The lowest BCUT2D eigenvalue weighted by Crippen LogP contribution is -2.04. The minimum Gasteiger partial charge on any atom is -0.398 e. The molecule has 0 bridgehead atoms. The van der Waals surface area contributed by atoms with Gasteiger partial charge in [0, 0.05) is 41.8 Å². The molecule has 0 aliphatic heterocycles. The second kappa shape index (κ2) is 5.14. The number of benzene rings is 1. The normalized spacial score (nSPS) is 10.5. The monoisotopic (exact) mass is 258 g/mol. The molecular weight excluding hydrogens is 240 g/mol. The van der Waals surface area contributed by atoms with Crippen LogP contribution in [0.2, 0.25) is 0 Å². The number of rotatable bonds is 4. The van der Waals surface area contributed by atoms with Gasteiger partial charge in [-0.05, 0) is 32.0 Å². The topological polar surface area (TPSA) is 72.9 Å². The molecule has 0 spiro atoms. The first-order valence-electron chi connectivity index (χ1n) is 6.11. The smallest absolute Gasteiger partial charge is 0.161 e. The lowest BCUT2D eigenvalue weighted by molar-refractivity contribution is 0.101. The summed E-state index contributed by atoms with van der Waals surface area (Å²) < 4.78 is 1.83. The van der Waals surface area contributed by atoms with Crippen LogP contribution in [0.1, 0.15) is 28.5 Å². The molecular formula is C14H18N4O. The molecule has 5 nitrogen and oxygen atoms in total. The Kier molecular flexibility index (Phi) is 3.55. The number of aromatic nitrogens is 2. The van der Waals surface area contributed by atoms with E-state index in [4.69, 9.17) is 5.73 Å². The molecule has 0 saturated heterocycles. The number of nitrogen functional groups attached to an aromatic ring is 1. The molecule has 0 radical (unpaired) electrons. The van der Waals surface area contributed by atoms with Gasteiger partial charge in [0.15, 0.2) is 5.78 Å². The van der Waals surface area contributed by atoms with Crippen LogP contribution in [0.3, 0.4) is 0 Å². The molecule has 0 unspecified atom stereocenters. The summed E-state index contributed by atoms with van der Waals surface area (Å²) in [7, 11) is 1.91. The summed E-state index contributed by atoms with van der Waals surface area (Å²) in [6.45, 7) is 4.20. The highest BCUT2D eigenvalue weighted by Crippen LogP contribution is 2.19. The molecule has 1 aromatic carbocycles. The second-order valence-corrected chi connectivity index (χ2v) is 4.59. The number of nitrogens with two attached hydrogens (primary N) is 1. The zero-order chi connectivity index (χ0) is 14.0. The van der Waals surface area contributed by atoms with Gasteiger partial charge in [0.25, 0.3) is 0 Å². The lowest BCUT2D eigenvalue weighted by Gasteiger charge is -2.09. The van der Waals surface area contributed by atoms with Crippen LogP contribution in [0.5, 0.6) is 0 Å². The third-order valence-electron chi connectivity index (χ3n) is 3.25. The first-order valence-corrected chi connectivity index (χ1v) is 6.11.